The van der Waals surface area contributed by atoms with Crippen molar-refractivity contribution < 1.29 is 9.84 Å². The Morgan fingerprint density at radius 3 is 2.15 bits per heavy atom. The molecule has 0 aliphatic carbocycles. The molecule has 3 aromatic rings. The van der Waals surface area contributed by atoms with E-state index in [1.165, 1.54) is 0 Å². The minimum atomic E-state index is 0.201. The zero-order valence-corrected chi connectivity index (χ0v) is 14.4. The van der Waals surface area contributed by atoms with Gasteiger partial charge in [0.1, 0.15) is 11.5 Å². The van der Waals surface area contributed by atoms with Crippen LogP contribution in [0.25, 0.3) is 0 Å². The molecule has 1 N–H and O–H groups in total. The van der Waals surface area contributed by atoms with E-state index in [2.05, 4.69) is 15.2 Å². The summed E-state index contributed by atoms with van der Waals surface area (Å²) >= 11 is 0. The number of hydrogen-bond donors (Lipinski definition) is 1. The van der Waals surface area contributed by atoms with Crippen LogP contribution in [0.3, 0.4) is 0 Å². The fourth-order valence-corrected chi connectivity index (χ4v) is 2.31. The van der Waals surface area contributed by atoms with Crippen LogP contribution in [0.4, 0.5) is 17.1 Å². The maximum atomic E-state index is 9.94. The molecule has 0 aliphatic heterocycles. The third-order valence-corrected chi connectivity index (χ3v) is 3.73. The topological polar surface area (TPSA) is 66.5 Å². The molecule has 0 saturated heterocycles. The fourth-order valence-electron chi connectivity index (χ4n) is 2.31. The Hall–Kier alpha value is -3.47. The van der Waals surface area contributed by atoms with Crippen molar-refractivity contribution in [3.05, 3.63) is 78.4 Å². The van der Waals surface area contributed by atoms with E-state index in [1.54, 1.807) is 19.4 Å². The molecule has 5 heteroatoms. The van der Waals surface area contributed by atoms with E-state index < -0.39 is 0 Å². The maximum absolute atomic E-state index is 9.94. The number of nitrogens with zero attached hydrogens (tertiary/aromatic N) is 3. The second-order valence-corrected chi connectivity index (χ2v) is 5.56. The van der Waals surface area contributed by atoms with Gasteiger partial charge < -0.3 is 9.84 Å². The molecule has 0 heterocycles. The summed E-state index contributed by atoms with van der Waals surface area (Å²) in [4.78, 5) is 4.40. The molecule has 3 aromatic carbocycles. The van der Waals surface area contributed by atoms with Crippen LogP contribution >= 0.6 is 0 Å². The molecule has 3 rings (SSSR count). The molecular formula is C21H19N3O2. The first kappa shape index (κ1) is 17.4. The van der Waals surface area contributed by atoms with E-state index in [4.69, 9.17) is 4.74 Å². The first-order chi connectivity index (χ1) is 12.7. The lowest BCUT2D eigenvalue weighted by molar-refractivity contribution is 0.407. The van der Waals surface area contributed by atoms with E-state index in [0.29, 0.717) is 12.2 Å². The normalized spacial score (nSPS) is 11.3. The maximum Gasteiger partial charge on any atom is 0.122 e. The van der Waals surface area contributed by atoms with Gasteiger partial charge in [0.15, 0.2) is 0 Å². The number of ether oxygens (including phenoxy) is 1. The van der Waals surface area contributed by atoms with Gasteiger partial charge in [0.2, 0.25) is 0 Å². The Morgan fingerprint density at radius 1 is 0.846 bits per heavy atom. The molecule has 0 radical (unpaired) electrons. The Labute approximate surface area is 152 Å². The van der Waals surface area contributed by atoms with Gasteiger partial charge in [-0.1, -0.05) is 24.3 Å². The number of phenolic OH excluding ortho intramolecular Hbond substituents is 1. The SMILES string of the molecule is COc1ccc(CC=Nc2ccc(N=Nc3ccccc3)cc2)c(O)c1. The van der Waals surface area contributed by atoms with Crippen LogP contribution in [0.1, 0.15) is 5.56 Å². The van der Waals surface area contributed by atoms with Crippen molar-refractivity contribution in [1.82, 2.24) is 0 Å². The quantitative estimate of drug-likeness (QED) is 0.456. The van der Waals surface area contributed by atoms with Crippen LogP contribution in [0, 0.1) is 0 Å². The van der Waals surface area contributed by atoms with Gasteiger partial charge in [0.25, 0.3) is 0 Å². The van der Waals surface area contributed by atoms with Crippen LogP contribution in [-0.2, 0) is 6.42 Å². The minimum absolute atomic E-state index is 0.201. The molecule has 0 spiro atoms. The number of hydrogen-bond acceptors (Lipinski definition) is 5. The predicted octanol–water partition coefficient (Wildman–Crippen LogP) is 5.76. The van der Waals surface area contributed by atoms with Gasteiger partial charge in [-0.25, -0.2) is 0 Å². The van der Waals surface area contributed by atoms with Gasteiger partial charge in [-0.3, -0.25) is 4.99 Å². The molecule has 0 amide bonds. The molecule has 26 heavy (non-hydrogen) atoms. The van der Waals surface area contributed by atoms with Crippen molar-refractivity contribution in [1.29, 1.82) is 0 Å². The fraction of sp³-hybridized carbons (Fsp3) is 0.0952. The molecule has 130 valence electrons. The zero-order valence-electron chi connectivity index (χ0n) is 14.4. The molecule has 0 bridgehead atoms. The van der Waals surface area contributed by atoms with Gasteiger partial charge in [-0.2, -0.15) is 10.2 Å². The highest BCUT2D eigenvalue weighted by Crippen LogP contribution is 2.24. The van der Waals surface area contributed by atoms with E-state index in [1.807, 2.05) is 66.7 Å². The van der Waals surface area contributed by atoms with Crippen molar-refractivity contribution in [2.24, 2.45) is 15.2 Å². The summed E-state index contributed by atoms with van der Waals surface area (Å²) in [7, 11) is 1.57. The third-order valence-electron chi connectivity index (χ3n) is 3.73. The van der Waals surface area contributed by atoms with Gasteiger partial charge in [0.05, 0.1) is 24.2 Å². The molecule has 0 atom stereocenters. The number of rotatable bonds is 6. The summed E-state index contributed by atoms with van der Waals surface area (Å²) in [6.45, 7) is 0. The second-order valence-electron chi connectivity index (χ2n) is 5.56. The summed E-state index contributed by atoms with van der Waals surface area (Å²) in [6.07, 6.45) is 2.30. The average molecular weight is 345 g/mol. The van der Waals surface area contributed by atoms with Crippen LogP contribution in [0.15, 0.2) is 88.0 Å². The third kappa shape index (κ3) is 4.77. The standard InChI is InChI=1S/C21H19N3O2/c1-26-20-12-7-16(21(25)15-20)13-14-22-17-8-10-19(11-9-17)24-23-18-5-3-2-4-6-18/h2-12,14-15,25H,13H2,1H3. The predicted molar refractivity (Wildman–Crippen MR) is 104 cm³/mol. The molecule has 5 nitrogen and oxygen atoms in total. The van der Waals surface area contributed by atoms with Crippen LogP contribution in [-0.4, -0.2) is 18.4 Å². The number of phenols is 1. The van der Waals surface area contributed by atoms with E-state index in [9.17, 15) is 5.11 Å². The number of aliphatic imine (C=N–C) groups is 1. The highest BCUT2D eigenvalue weighted by molar-refractivity contribution is 5.68. The summed E-state index contributed by atoms with van der Waals surface area (Å²) in [5.41, 5.74) is 3.19. The molecule has 0 aliphatic rings. The second kappa shape index (κ2) is 8.58. The van der Waals surface area contributed by atoms with Crippen molar-refractivity contribution in [2.75, 3.05) is 7.11 Å². The molecule has 0 unspecified atom stereocenters. The Balaban J connectivity index is 1.60. The van der Waals surface area contributed by atoms with Crippen LogP contribution in [0.5, 0.6) is 11.5 Å². The van der Waals surface area contributed by atoms with Gasteiger partial charge in [-0.15, -0.1) is 0 Å². The smallest absolute Gasteiger partial charge is 0.122 e. The number of methoxy groups -OCH3 is 1. The monoisotopic (exact) mass is 345 g/mol. The van der Waals surface area contributed by atoms with E-state index in [0.717, 1.165) is 22.6 Å². The lowest BCUT2D eigenvalue weighted by atomic mass is 10.1. The Bertz CT molecular complexity index is 904. The average Bonchev–Trinajstić information content (AvgIpc) is 2.69. The van der Waals surface area contributed by atoms with Crippen molar-refractivity contribution in [3.8, 4) is 11.5 Å². The summed E-state index contributed by atoms with van der Waals surface area (Å²) in [6, 6.07) is 22.3. The summed E-state index contributed by atoms with van der Waals surface area (Å²) in [5.74, 6) is 0.830. The molecule has 0 aromatic heterocycles. The lowest BCUT2D eigenvalue weighted by Crippen LogP contribution is -1.89. The van der Waals surface area contributed by atoms with Crippen LogP contribution < -0.4 is 4.74 Å². The summed E-state index contributed by atoms with van der Waals surface area (Å²) < 4.78 is 5.07. The Kier molecular flexibility index (Phi) is 5.72. The Morgan fingerprint density at radius 2 is 1.50 bits per heavy atom. The summed E-state index contributed by atoms with van der Waals surface area (Å²) in [5, 5.41) is 18.3. The van der Waals surface area contributed by atoms with Crippen LogP contribution in [0.2, 0.25) is 0 Å². The zero-order chi connectivity index (χ0) is 18.2. The highest BCUT2D eigenvalue weighted by atomic mass is 16.5. The van der Waals surface area contributed by atoms with Gasteiger partial charge in [-0.05, 0) is 48.0 Å². The molecule has 0 fully saturated rings. The number of aromatic hydroxyl groups is 1. The molecule has 0 saturated carbocycles. The van der Waals surface area contributed by atoms with Gasteiger partial charge >= 0.3 is 0 Å². The van der Waals surface area contributed by atoms with Crippen molar-refractivity contribution in [3.63, 3.8) is 0 Å². The van der Waals surface area contributed by atoms with Crippen molar-refractivity contribution in [2.45, 2.75) is 6.42 Å². The largest absolute Gasteiger partial charge is 0.508 e. The van der Waals surface area contributed by atoms with E-state index in [-0.39, 0.29) is 5.75 Å². The minimum Gasteiger partial charge on any atom is -0.508 e. The first-order valence-electron chi connectivity index (χ1n) is 8.20. The van der Waals surface area contributed by atoms with E-state index >= 15 is 0 Å². The lowest BCUT2D eigenvalue weighted by Gasteiger charge is -2.04. The highest BCUT2D eigenvalue weighted by Gasteiger charge is 2.01. The molecular weight excluding hydrogens is 326 g/mol. The van der Waals surface area contributed by atoms with Gasteiger partial charge in [0, 0.05) is 18.7 Å². The number of azo groups is 1. The first-order valence-corrected chi connectivity index (χ1v) is 8.20. The number of benzene rings is 3. The van der Waals surface area contributed by atoms with Crippen molar-refractivity contribution >= 4 is 23.3 Å².